The van der Waals surface area contributed by atoms with Crippen LogP contribution in [0.5, 0.6) is 0 Å². The highest BCUT2D eigenvalue weighted by molar-refractivity contribution is 6.06. The van der Waals surface area contributed by atoms with E-state index in [-0.39, 0.29) is 11.7 Å². The van der Waals surface area contributed by atoms with Crippen LogP contribution in [0.1, 0.15) is 65.7 Å². The second-order valence-electron chi connectivity index (χ2n) is 5.19. The van der Waals surface area contributed by atoms with Gasteiger partial charge in [0, 0.05) is 6.54 Å². The molecule has 0 aliphatic rings. The zero-order chi connectivity index (χ0) is 14.7. The quantitative estimate of drug-likeness (QED) is 0.188. The van der Waals surface area contributed by atoms with E-state index in [1.165, 1.54) is 25.7 Å². The van der Waals surface area contributed by atoms with Gasteiger partial charge in [-0.3, -0.25) is 4.79 Å². The van der Waals surface area contributed by atoms with Crippen molar-refractivity contribution in [1.82, 2.24) is 5.32 Å². The predicted octanol–water partition coefficient (Wildman–Crippen LogP) is 2.63. The van der Waals surface area contributed by atoms with Gasteiger partial charge in [-0.2, -0.15) is 0 Å². The maximum Gasteiger partial charge on any atom is 0.233 e. The van der Waals surface area contributed by atoms with Crippen LogP contribution in [0, 0.1) is 5.41 Å². The molecule has 0 heterocycles. The highest BCUT2D eigenvalue weighted by atomic mass is 16.4. The molecule has 5 nitrogen and oxygen atoms in total. The van der Waals surface area contributed by atoms with Gasteiger partial charge >= 0.3 is 0 Å². The molecule has 0 radical (unpaired) electrons. The Morgan fingerprint density at radius 1 is 1.21 bits per heavy atom. The van der Waals surface area contributed by atoms with E-state index in [9.17, 15) is 4.79 Å². The average molecular weight is 271 g/mol. The molecule has 5 heteroatoms. The zero-order valence-corrected chi connectivity index (χ0v) is 12.5. The molecule has 0 spiro atoms. The Morgan fingerprint density at radius 3 is 2.32 bits per heavy atom. The SMILES string of the molecule is CCCCCCCCNC(=O)C(C)(CC)C(N)=NO. The second-order valence-corrected chi connectivity index (χ2v) is 5.19. The Hall–Kier alpha value is -1.26. The van der Waals surface area contributed by atoms with Gasteiger partial charge in [0.15, 0.2) is 5.84 Å². The van der Waals surface area contributed by atoms with Crippen LogP contribution >= 0.6 is 0 Å². The number of carbonyl (C=O) groups is 1. The van der Waals surface area contributed by atoms with Gasteiger partial charge in [0.25, 0.3) is 0 Å². The molecule has 1 unspecified atom stereocenters. The average Bonchev–Trinajstić information content (AvgIpc) is 2.44. The molecule has 0 saturated heterocycles. The van der Waals surface area contributed by atoms with E-state index >= 15 is 0 Å². The van der Waals surface area contributed by atoms with Gasteiger partial charge in [0.1, 0.15) is 5.41 Å². The first-order valence-corrected chi connectivity index (χ1v) is 7.29. The van der Waals surface area contributed by atoms with Gasteiger partial charge < -0.3 is 16.3 Å². The molecule has 0 aromatic carbocycles. The van der Waals surface area contributed by atoms with Crippen LogP contribution in [-0.2, 0) is 4.79 Å². The van der Waals surface area contributed by atoms with E-state index < -0.39 is 5.41 Å². The number of hydrogen-bond donors (Lipinski definition) is 3. The van der Waals surface area contributed by atoms with Gasteiger partial charge in [-0.15, -0.1) is 0 Å². The number of amides is 1. The number of nitrogens with two attached hydrogens (primary N) is 1. The fraction of sp³-hybridized carbons (Fsp3) is 0.857. The first-order valence-electron chi connectivity index (χ1n) is 7.29. The Kier molecular flexibility index (Phi) is 9.00. The number of oxime groups is 1. The minimum atomic E-state index is -0.920. The summed E-state index contributed by atoms with van der Waals surface area (Å²) >= 11 is 0. The van der Waals surface area contributed by atoms with E-state index in [0.29, 0.717) is 13.0 Å². The lowest BCUT2D eigenvalue weighted by Gasteiger charge is -2.25. The van der Waals surface area contributed by atoms with Crippen molar-refractivity contribution in [3.8, 4) is 0 Å². The number of hydrogen-bond acceptors (Lipinski definition) is 3. The van der Waals surface area contributed by atoms with Gasteiger partial charge in [0.05, 0.1) is 0 Å². The van der Waals surface area contributed by atoms with Crippen molar-refractivity contribution in [3.05, 3.63) is 0 Å². The number of amidine groups is 1. The molecular weight excluding hydrogens is 242 g/mol. The molecule has 1 atom stereocenters. The van der Waals surface area contributed by atoms with Crippen LogP contribution in [0.2, 0.25) is 0 Å². The van der Waals surface area contributed by atoms with Crippen LogP contribution in [0.4, 0.5) is 0 Å². The predicted molar refractivity (Wildman–Crippen MR) is 78.2 cm³/mol. The molecule has 0 bridgehead atoms. The van der Waals surface area contributed by atoms with Crippen LogP contribution in [0.3, 0.4) is 0 Å². The highest BCUT2D eigenvalue weighted by Crippen LogP contribution is 2.21. The number of rotatable bonds is 10. The third-order valence-corrected chi connectivity index (χ3v) is 3.70. The largest absolute Gasteiger partial charge is 0.409 e. The first kappa shape index (κ1) is 17.7. The summed E-state index contributed by atoms with van der Waals surface area (Å²) in [6, 6.07) is 0. The maximum atomic E-state index is 12.0. The van der Waals surface area contributed by atoms with Gasteiger partial charge in [0.2, 0.25) is 5.91 Å². The third-order valence-electron chi connectivity index (χ3n) is 3.70. The van der Waals surface area contributed by atoms with Gasteiger partial charge in [-0.1, -0.05) is 51.1 Å². The molecule has 0 aromatic heterocycles. The van der Waals surface area contributed by atoms with Gasteiger partial charge in [-0.05, 0) is 19.8 Å². The van der Waals surface area contributed by atoms with Crippen molar-refractivity contribution in [2.75, 3.05) is 6.54 Å². The molecule has 0 rings (SSSR count). The van der Waals surface area contributed by atoms with Crippen LogP contribution < -0.4 is 11.1 Å². The highest BCUT2D eigenvalue weighted by Gasteiger charge is 2.35. The lowest BCUT2D eigenvalue weighted by molar-refractivity contribution is -0.127. The van der Waals surface area contributed by atoms with E-state index in [4.69, 9.17) is 10.9 Å². The topological polar surface area (TPSA) is 87.7 Å². The lowest BCUT2D eigenvalue weighted by atomic mass is 9.85. The molecule has 0 fully saturated rings. The smallest absolute Gasteiger partial charge is 0.233 e. The molecule has 0 aliphatic heterocycles. The molecule has 4 N–H and O–H groups in total. The third kappa shape index (κ3) is 5.94. The summed E-state index contributed by atoms with van der Waals surface area (Å²) < 4.78 is 0. The first-order chi connectivity index (χ1) is 9.02. The Labute approximate surface area is 116 Å². The monoisotopic (exact) mass is 271 g/mol. The second kappa shape index (κ2) is 9.64. The Balaban J connectivity index is 3.96. The number of unbranched alkanes of at least 4 members (excludes halogenated alkanes) is 5. The van der Waals surface area contributed by atoms with E-state index in [0.717, 1.165) is 12.8 Å². The molecular formula is C14H29N3O2. The molecule has 0 aliphatic carbocycles. The van der Waals surface area contributed by atoms with Crippen molar-refractivity contribution in [2.24, 2.45) is 16.3 Å². The van der Waals surface area contributed by atoms with Crippen molar-refractivity contribution in [2.45, 2.75) is 65.7 Å². The summed E-state index contributed by atoms with van der Waals surface area (Å²) in [6.07, 6.45) is 7.62. The van der Waals surface area contributed by atoms with Crippen molar-refractivity contribution in [1.29, 1.82) is 0 Å². The summed E-state index contributed by atoms with van der Waals surface area (Å²) in [5.41, 5.74) is 4.67. The summed E-state index contributed by atoms with van der Waals surface area (Å²) in [5, 5.41) is 14.6. The molecule has 1 amide bonds. The van der Waals surface area contributed by atoms with Crippen molar-refractivity contribution in [3.63, 3.8) is 0 Å². The van der Waals surface area contributed by atoms with Crippen LogP contribution in [-0.4, -0.2) is 23.5 Å². The van der Waals surface area contributed by atoms with E-state index in [2.05, 4.69) is 17.4 Å². The van der Waals surface area contributed by atoms with E-state index in [1.807, 2.05) is 6.92 Å². The fourth-order valence-corrected chi connectivity index (χ4v) is 1.87. The summed E-state index contributed by atoms with van der Waals surface area (Å²) in [5.74, 6) is -0.200. The number of nitrogens with one attached hydrogen (secondary N) is 1. The number of carbonyl (C=O) groups excluding carboxylic acids is 1. The van der Waals surface area contributed by atoms with Crippen LogP contribution in [0.25, 0.3) is 0 Å². The summed E-state index contributed by atoms with van der Waals surface area (Å²) in [7, 11) is 0. The molecule has 112 valence electrons. The normalized spacial score (nSPS) is 15.0. The van der Waals surface area contributed by atoms with Crippen molar-refractivity contribution < 1.29 is 10.0 Å². The maximum absolute atomic E-state index is 12.0. The molecule has 19 heavy (non-hydrogen) atoms. The molecule has 0 aromatic rings. The summed E-state index contributed by atoms with van der Waals surface area (Å²) in [6.45, 7) is 6.39. The standard InChI is InChI=1S/C14H29N3O2/c1-4-6-7-8-9-10-11-16-13(18)14(3,5-2)12(15)17-19/h19H,4-11H2,1-3H3,(H2,15,17)(H,16,18). The van der Waals surface area contributed by atoms with Gasteiger partial charge in [-0.25, -0.2) is 0 Å². The van der Waals surface area contributed by atoms with Crippen molar-refractivity contribution >= 4 is 11.7 Å². The van der Waals surface area contributed by atoms with E-state index in [1.54, 1.807) is 6.92 Å². The minimum Gasteiger partial charge on any atom is -0.409 e. The Bertz CT molecular complexity index is 292. The Morgan fingerprint density at radius 2 is 1.79 bits per heavy atom. The number of nitrogens with zero attached hydrogens (tertiary/aromatic N) is 1. The fourth-order valence-electron chi connectivity index (χ4n) is 1.87. The van der Waals surface area contributed by atoms with Crippen LogP contribution in [0.15, 0.2) is 5.16 Å². The zero-order valence-electron chi connectivity index (χ0n) is 12.5. The summed E-state index contributed by atoms with van der Waals surface area (Å²) in [4.78, 5) is 12.0. The molecule has 0 saturated carbocycles. The minimum absolute atomic E-state index is 0.0320. The lowest BCUT2D eigenvalue weighted by Crippen LogP contribution is -2.47.